The van der Waals surface area contributed by atoms with Crippen LogP contribution in [0.15, 0.2) is 18.2 Å². The lowest BCUT2D eigenvalue weighted by atomic mass is 10.0. The lowest BCUT2D eigenvalue weighted by Crippen LogP contribution is -2.36. The van der Waals surface area contributed by atoms with Gasteiger partial charge in [-0.25, -0.2) is 4.79 Å². The van der Waals surface area contributed by atoms with Crippen molar-refractivity contribution in [2.75, 3.05) is 5.32 Å². The van der Waals surface area contributed by atoms with Crippen LogP contribution in [0.25, 0.3) is 0 Å². The van der Waals surface area contributed by atoms with Gasteiger partial charge in [0.1, 0.15) is 0 Å². The molecule has 0 aliphatic rings. The standard InChI is InChI=1S/C14H20N2O3/c1-8(2)6-11(15)13(17)16-12-5-4-10(14(18)19)7-9(12)3/h4-5,7-8,11H,6,15H2,1-3H3,(H,16,17)(H,18,19). The number of carboxylic acid groups (broad SMARTS) is 1. The van der Waals surface area contributed by atoms with Crippen LogP contribution in [0.1, 0.15) is 36.2 Å². The Morgan fingerprint density at radius 3 is 2.47 bits per heavy atom. The fourth-order valence-corrected chi connectivity index (χ4v) is 1.78. The molecule has 0 radical (unpaired) electrons. The van der Waals surface area contributed by atoms with E-state index < -0.39 is 12.0 Å². The molecular weight excluding hydrogens is 244 g/mol. The minimum atomic E-state index is -0.988. The number of aromatic carboxylic acids is 1. The van der Waals surface area contributed by atoms with E-state index in [1.807, 2.05) is 13.8 Å². The minimum Gasteiger partial charge on any atom is -0.478 e. The second-order valence-corrected chi connectivity index (χ2v) is 5.06. The summed E-state index contributed by atoms with van der Waals surface area (Å²) in [6.07, 6.45) is 0.609. The number of nitrogens with one attached hydrogen (secondary N) is 1. The Balaban J connectivity index is 2.77. The maximum Gasteiger partial charge on any atom is 0.335 e. The molecule has 0 heterocycles. The van der Waals surface area contributed by atoms with Crippen LogP contribution < -0.4 is 11.1 Å². The van der Waals surface area contributed by atoms with E-state index in [4.69, 9.17) is 10.8 Å². The summed E-state index contributed by atoms with van der Waals surface area (Å²) in [6.45, 7) is 5.75. The summed E-state index contributed by atoms with van der Waals surface area (Å²) < 4.78 is 0. The van der Waals surface area contributed by atoms with Crippen molar-refractivity contribution in [3.05, 3.63) is 29.3 Å². The molecule has 1 amide bonds. The molecule has 0 spiro atoms. The molecule has 4 N–H and O–H groups in total. The number of hydrogen-bond donors (Lipinski definition) is 3. The Labute approximate surface area is 112 Å². The summed E-state index contributed by atoms with van der Waals surface area (Å²) in [5.74, 6) is -0.895. The Morgan fingerprint density at radius 1 is 1.37 bits per heavy atom. The molecule has 0 saturated heterocycles. The Kier molecular flexibility index (Phi) is 5.06. The quantitative estimate of drug-likeness (QED) is 0.758. The molecule has 1 unspecified atom stereocenters. The van der Waals surface area contributed by atoms with E-state index in [0.717, 1.165) is 0 Å². The number of benzene rings is 1. The average Bonchev–Trinajstić information content (AvgIpc) is 2.30. The summed E-state index contributed by atoms with van der Waals surface area (Å²) in [6, 6.07) is 4.00. The monoisotopic (exact) mass is 264 g/mol. The number of nitrogens with two attached hydrogens (primary N) is 1. The highest BCUT2D eigenvalue weighted by Crippen LogP contribution is 2.17. The molecule has 1 atom stereocenters. The van der Waals surface area contributed by atoms with Gasteiger partial charge in [0.2, 0.25) is 5.91 Å². The van der Waals surface area contributed by atoms with Gasteiger partial charge in [-0.3, -0.25) is 4.79 Å². The minimum absolute atomic E-state index is 0.196. The molecule has 0 aromatic heterocycles. The van der Waals surface area contributed by atoms with Crippen molar-refractivity contribution in [2.45, 2.75) is 33.2 Å². The maximum atomic E-state index is 11.9. The van der Waals surface area contributed by atoms with E-state index in [9.17, 15) is 9.59 Å². The molecule has 0 aliphatic heterocycles. The molecule has 0 fully saturated rings. The number of hydrogen-bond acceptors (Lipinski definition) is 3. The summed E-state index contributed by atoms with van der Waals surface area (Å²) in [5, 5.41) is 11.6. The predicted octanol–water partition coefficient (Wildman–Crippen LogP) is 2.01. The van der Waals surface area contributed by atoms with Gasteiger partial charge in [-0.2, -0.15) is 0 Å². The molecule has 0 bridgehead atoms. The number of rotatable bonds is 5. The molecular formula is C14H20N2O3. The van der Waals surface area contributed by atoms with Gasteiger partial charge < -0.3 is 16.2 Å². The van der Waals surface area contributed by atoms with Crippen LogP contribution in [0, 0.1) is 12.8 Å². The van der Waals surface area contributed by atoms with Gasteiger partial charge in [0.05, 0.1) is 11.6 Å². The van der Waals surface area contributed by atoms with Crippen LogP contribution in [-0.2, 0) is 4.79 Å². The molecule has 5 nitrogen and oxygen atoms in total. The van der Waals surface area contributed by atoms with E-state index in [1.165, 1.54) is 12.1 Å². The fraction of sp³-hybridized carbons (Fsp3) is 0.429. The van der Waals surface area contributed by atoms with Crippen molar-refractivity contribution in [1.29, 1.82) is 0 Å². The van der Waals surface area contributed by atoms with Gasteiger partial charge in [-0.1, -0.05) is 13.8 Å². The van der Waals surface area contributed by atoms with Crippen LogP contribution in [-0.4, -0.2) is 23.0 Å². The van der Waals surface area contributed by atoms with E-state index in [-0.39, 0.29) is 11.5 Å². The van der Waals surface area contributed by atoms with Crippen molar-refractivity contribution in [1.82, 2.24) is 0 Å². The van der Waals surface area contributed by atoms with Gasteiger partial charge in [-0.15, -0.1) is 0 Å². The third kappa shape index (κ3) is 4.37. The molecule has 1 aromatic rings. The van der Waals surface area contributed by atoms with Gasteiger partial charge in [0.25, 0.3) is 0 Å². The van der Waals surface area contributed by atoms with E-state index in [0.29, 0.717) is 23.6 Å². The van der Waals surface area contributed by atoms with Gasteiger partial charge in [0, 0.05) is 5.69 Å². The van der Waals surface area contributed by atoms with Gasteiger partial charge >= 0.3 is 5.97 Å². The van der Waals surface area contributed by atoms with Gasteiger partial charge in [-0.05, 0) is 43.0 Å². The van der Waals surface area contributed by atoms with Crippen molar-refractivity contribution in [3.8, 4) is 0 Å². The normalized spacial score (nSPS) is 12.3. The summed E-state index contributed by atoms with van der Waals surface area (Å²) in [5.41, 5.74) is 7.28. The molecule has 0 aliphatic carbocycles. The van der Waals surface area contributed by atoms with E-state index in [2.05, 4.69) is 5.32 Å². The maximum absolute atomic E-state index is 11.9. The molecule has 19 heavy (non-hydrogen) atoms. The molecule has 5 heteroatoms. The van der Waals surface area contributed by atoms with Crippen LogP contribution in [0.2, 0.25) is 0 Å². The van der Waals surface area contributed by atoms with Crippen LogP contribution in [0.3, 0.4) is 0 Å². The highest BCUT2D eigenvalue weighted by atomic mass is 16.4. The molecule has 1 aromatic carbocycles. The summed E-state index contributed by atoms with van der Waals surface area (Å²) >= 11 is 0. The number of carboxylic acids is 1. The zero-order valence-electron chi connectivity index (χ0n) is 11.4. The molecule has 104 valence electrons. The first-order chi connectivity index (χ1) is 8.81. The SMILES string of the molecule is Cc1cc(C(=O)O)ccc1NC(=O)C(N)CC(C)C. The number of amides is 1. The van der Waals surface area contributed by atoms with Crippen LogP contribution >= 0.6 is 0 Å². The largest absolute Gasteiger partial charge is 0.478 e. The Hall–Kier alpha value is -1.88. The summed E-state index contributed by atoms with van der Waals surface area (Å²) in [7, 11) is 0. The van der Waals surface area contributed by atoms with E-state index >= 15 is 0 Å². The van der Waals surface area contributed by atoms with E-state index in [1.54, 1.807) is 13.0 Å². The number of anilines is 1. The lowest BCUT2D eigenvalue weighted by Gasteiger charge is -2.15. The second kappa shape index (κ2) is 6.33. The van der Waals surface area contributed by atoms with Crippen molar-refractivity contribution < 1.29 is 14.7 Å². The van der Waals surface area contributed by atoms with Gasteiger partial charge in [0.15, 0.2) is 0 Å². The third-order valence-electron chi connectivity index (χ3n) is 2.79. The van der Waals surface area contributed by atoms with Crippen LogP contribution in [0.4, 0.5) is 5.69 Å². The first-order valence-corrected chi connectivity index (χ1v) is 6.21. The van der Waals surface area contributed by atoms with Crippen molar-refractivity contribution in [2.24, 2.45) is 11.7 Å². The zero-order chi connectivity index (χ0) is 14.6. The Bertz CT molecular complexity index is 484. The highest BCUT2D eigenvalue weighted by Gasteiger charge is 2.16. The summed E-state index contributed by atoms with van der Waals surface area (Å²) in [4.78, 5) is 22.7. The third-order valence-corrected chi connectivity index (χ3v) is 2.79. The zero-order valence-corrected chi connectivity index (χ0v) is 11.4. The first kappa shape index (κ1) is 15.2. The van der Waals surface area contributed by atoms with Crippen LogP contribution in [0.5, 0.6) is 0 Å². The molecule has 0 saturated carbocycles. The average molecular weight is 264 g/mol. The predicted molar refractivity (Wildman–Crippen MR) is 74.2 cm³/mol. The fourth-order valence-electron chi connectivity index (χ4n) is 1.78. The topological polar surface area (TPSA) is 92.4 Å². The number of carbonyl (C=O) groups excluding carboxylic acids is 1. The number of aryl methyl sites for hydroxylation is 1. The lowest BCUT2D eigenvalue weighted by molar-refractivity contribution is -0.117. The smallest absolute Gasteiger partial charge is 0.335 e. The second-order valence-electron chi connectivity index (χ2n) is 5.06. The van der Waals surface area contributed by atoms with Crippen molar-refractivity contribution in [3.63, 3.8) is 0 Å². The first-order valence-electron chi connectivity index (χ1n) is 6.21. The van der Waals surface area contributed by atoms with Crippen molar-refractivity contribution >= 4 is 17.6 Å². The molecule has 1 rings (SSSR count). The highest BCUT2D eigenvalue weighted by molar-refractivity contribution is 5.96. The number of carbonyl (C=O) groups is 2. The Morgan fingerprint density at radius 2 is 2.00 bits per heavy atom.